The van der Waals surface area contributed by atoms with E-state index >= 15 is 0 Å². The lowest BCUT2D eigenvalue weighted by Gasteiger charge is -2.06. The molecule has 0 saturated heterocycles. The summed E-state index contributed by atoms with van der Waals surface area (Å²) in [4.78, 5) is 9.01. The van der Waals surface area contributed by atoms with Crippen LogP contribution in [-0.4, -0.2) is 24.3 Å². The number of nitrogens with zero attached hydrogens (tertiary/aromatic N) is 5. The molecule has 0 unspecified atom stereocenters. The number of aromatic nitrogens is 5. The van der Waals surface area contributed by atoms with Gasteiger partial charge in [0.15, 0.2) is 0 Å². The highest BCUT2D eigenvalue weighted by Gasteiger charge is 2.09. The first-order valence-electron chi connectivity index (χ1n) is 8.24. The minimum absolute atomic E-state index is 0.964. The van der Waals surface area contributed by atoms with Gasteiger partial charge in [-0.1, -0.05) is 18.2 Å². The molecule has 0 bridgehead atoms. The topological polar surface area (TPSA) is 48.5 Å². The largest absolute Gasteiger partial charge is 0.299 e. The molecule has 0 fully saturated rings. The first-order valence-corrected chi connectivity index (χ1v) is 9.12. The minimum atomic E-state index is 0.964. The summed E-state index contributed by atoms with van der Waals surface area (Å²) in [5.74, 6) is 0. The van der Waals surface area contributed by atoms with Gasteiger partial charge in [-0.2, -0.15) is 5.10 Å². The highest BCUT2D eigenvalue weighted by Crippen LogP contribution is 2.28. The van der Waals surface area contributed by atoms with E-state index in [1.54, 1.807) is 11.3 Å². The fraction of sp³-hybridized carbons (Fsp3) is 0.0500. The van der Waals surface area contributed by atoms with Gasteiger partial charge in [0.1, 0.15) is 11.3 Å². The average Bonchev–Trinajstić information content (AvgIpc) is 3.42. The molecule has 3 aromatic heterocycles. The average molecular weight is 357 g/mol. The number of benzene rings is 2. The summed E-state index contributed by atoms with van der Waals surface area (Å²) in [7, 11) is 1.92. The van der Waals surface area contributed by atoms with Crippen molar-refractivity contribution in [1.82, 2.24) is 24.3 Å². The SMILES string of the molecule is Cn1cc(-c2ccc3c(c2)ncn3-c2cccc(-c3nccs3)c2)cn1. The standard InChI is InChI=1S/C20H15N5S/c1-24-12-16(11-23-24)14-5-6-19-18(10-14)22-13-25(19)17-4-2-3-15(9-17)20-21-7-8-26-20/h2-13H,1H3. The van der Waals surface area contributed by atoms with Crippen molar-refractivity contribution in [3.05, 3.63) is 72.8 Å². The Labute approximate surface area is 154 Å². The first-order chi connectivity index (χ1) is 12.8. The fourth-order valence-corrected chi connectivity index (χ4v) is 3.76. The molecule has 2 aromatic carbocycles. The van der Waals surface area contributed by atoms with E-state index in [1.807, 2.05) is 42.0 Å². The molecule has 126 valence electrons. The van der Waals surface area contributed by atoms with E-state index in [4.69, 9.17) is 0 Å². The van der Waals surface area contributed by atoms with Crippen LogP contribution in [0.25, 0.3) is 38.4 Å². The zero-order valence-corrected chi connectivity index (χ0v) is 14.9. The molecule has 3 heterocycles. The zero-order valence-electron chi connectivity index (χ0n) is 14.1. The van der Waals surface area contributed by atoms with Crippen LogP contribution in [-0.2, 0) is 7.05 Å². The number of hydrogen-bond acceptors (Lipinski definition) is 4. The molecular formula is C20H15N5S. The van der Waals surface area contributed by atoms with Crippen molar-refractivity contribution in [2.75, 3.05) is 0 Å². The highest BCUT2D eigenvalue weighted by atomic mass is 32.1. The van der Waals surface area contributed by atoms with Crippen LogP contribution in [0.15, 0.2) is 72.8 Å². The van der Waals surface area contributed by atoms with Gasteiger partial charge in [-0.3, -0.25) is 9.25 Å². The van der Waals surface area contributed by atoms with Gasteiger partial charge in [-0.05, 0) is 29.8 Å². The van der Waals surface area contributed by atoms with E-state index < -0.39 is 0 Å². The van der Waals surface area contributed by atoms with Gasteiger partial charge in [-0.15, -0.1) is 11.3 Å². The Kier molecular flexibility index (Phi) is 3.43. The third kappa shape index (κ3) is 2.51. The molecule has 0 radical (unpaired) electrons. The molecule has 0 aliphatic carbocycles. The van der Waals surface area contributed by atoms with Gasteiger partial charge in [-0.25, -0.2) is 9.97 Å². The molecule has 6 heteroatoms. The molecule has 0 amide bonds. The molecule has 0 N–H and O–H groups in total. The van der Waals surface area contributed by atoms with Crippen molar-refractivity contribution >= 4 is 22.4 Å². The van der Waals surface area contributed by atoms with E-state index in [0.717, 1.165) is 38.4 Å². The second-order valence-electron chi connectivity index (χ2n) is 6.11. The van der Waals surface area contributed by atoms with Gasteiger partial charge in [0.05, 0.1) is 17.2 Å². The number of imidazole rings is 1. The van der Waals surface area contributed by atoms with Crippen LogP contribution in [0, 0.1) is 0 Å². The third-order valence-corrected chi connectivity index (χ3v) is 5.21. The number of hydrogen-bond donors (Lipinski definition) is 0. The van der Waals surface area contributed by atoms with Crippen molar-refractivity contribution in [3.63, 3.8) is 0 Å². The summed E-state index contributed by atoms with van der Waals surface area (Å²) >= 11 is 1.64. The normalized spacial score (nSPS) is 11.3. The van der Waals surface area contributed by atoms with Crippen molar-refractivity contribution in [2.45, 2.75) is 0 Å². The monoisotopic (exact) mass is 357 g/mol. The zero-order chi connectivity index (χ0) is 17.5. The van der Waals surface area contributed by atoms with E-state index in [1.165, 1.54) is 0 Å². The number of aryl methyl sites for hydroxylation is 1. The van der Waals surface area contributed by atoms with E-state index in [9.17, 15) is 0 Å². The van der Waals surface area contributed by atoms with Crippen molar-refractivity contribution in [1.29, 1.82) is 0 Å². The van der Waals surface area contributed by atoms with Crippen LogP contribution in [0.1, 0.15) is 0 Å². The van der Waals surface area contributed by atoms with Gasteiger partial charge >= 0.3 is 0 Å². The molecule has 0 aliphatic heterocycles. The third-order valence-electron chi connectivity index (χ3n) is 4.39. The molecule has 0 spiro atoms. The Bertz CT molecular complexity index is 1200. The van der Waals surface area contributed by atoms with Crippen molar-refractivity contribution in [2.24, 2.45) is 7.05 Å². The van der Waals surface area contributed by atoms with E-state index in [-0.39, 0.29) is 0 Å². The number of thiazole rings is 1. The van der Waals surface area contributed by atoms with Crippen LogP contribution in [0.2, 0.25) is 0 Å². The van der Waals surface area contributed by atoms with Gasteiger partial charge in [0.2, 0.25) is 0 Å². The summed E-state index contributed by atoms with van der Waals surface area (Å²) in [6, 6.07) is 14.7. The second-order valence-corrected chi connectivity index (χ2v) is 7.00. The molecule has 0 saturated carbocycles. The predicted octanol–water partition coefficient (Wildman–Crippen LogP) is 4.55. The maximum absolute atomic E-state index is 4.60. The first kappa shape index (κ1) is 15.0. The van der Waals surface area contributed by atoms with Crippen LogP contribution in [0.5, 0.6) is 0 Å². The molecule has 26 heavy (non-hydrogen) atoms. The lowest BCUT2D eigenvalue weighted by molar-refractivity contribution is 0.768. The summed E-state index contributed by atoms with van der Waals surface area (Å²) < 4.78 is 3.92. The van der Waals surface area contributed by atoms with E-state index in [2.05, 4.69) is 62.1 Å². The van der Waals surface area contributed by atoms with Crippen molar-refractivity contribution in [3.8, 4) is 27.4 Å². The molecule has 0 atom stereocenters. The van der Waals surface area contributed by atoms with Gasteiger partial charge in [0.25, 0.3) is 0 Å². The van der Waals surface area contributed by atoms with E-state index in [0.29, 0.717) is 0 Å². The van der Waals surface area contributed by atoms with Crippen LogP contribution in [0.4, 0.5) is 0 Å². The number of rotatable bonds is 3. The Morgan fingerprint density at radius 1 is 0.962 bits per heavy atom. The maximum atomic E-state index is 4.60. The summed E-state index contributed by atoms with van der Waals surface area (Å²) in [6.07, 6.45) is 7.59. The van der Waals surface area contributed by atoms with Gasteiger partial charge < -0.3 is 0 Å². The van der Waals surface area contributed by atoms with Crippen LogP contribution in [0.3, 0.4) is 0 Å². The van der Waals surface area contributed by atoms with Crippen LogP contribution >= 0.6 is 11.3 Å². The molecule has 5 aromatic rings. The van der Waals surface area contributed by atoms with Crippen molar-refractivity contribution < 1.29 is 0 Å². The Balaban J connectivity index is 1.59. The highest BCUT2D eigenvalue weighted by molar-refractivity contribution is 7.13. The number of fused-ring (bicyclic) bond motifs is 1. The summed E-state index contributed by atoms with van der Waals surface area (Å²) in [5.41, 5.74) is 6.45. The Hall–Kier alpha value is -3.25. The van der Waals surface area contributed by atoms with Gasteiger partial charge in [0, 0.05) is 41.6 Å². The second kappa shape index (κ2) is 5.93. The Morgan fingerprint density at radius 2 is 1.92 bits per heavy atom. The lowest BCUT2D eigenvalue weighted by Crippen LogP contribution is -1.92. The van der Waals surface area contributed by atoms with Crippen LogP contribution < -0.4 is 0 Å². The fourth-order valence-electron chi connectivity index (χ4n) is 3.12. The summed E-state index contributed by atoms with van der Waals surface area (Å²) in [5, 5.41) is 7.26. The molecule has 5 nitrogen and oxygen atoms in total. The lowest BCUT2D eigenvalue weighted by atomic mass is 10.1. The quantitative estimate of drug-likeness (QED) is 0.476. The molecular weight excluding hydrogens is 342 g/mol. The smallest absolute Gasteiger partial charge is 0.123 e. The minimum Gasteiger partial charge on any atom is -0.299 e. The maximum Gasteiger partial charge on any atom is 0.123 e. The Morgan fingerprint density at radius 3 is 2.73 bits per heavy atom. The predicted molar refractivity (Wildman–Crippen MR) is 104 cm³/mol. The molecule has 5 rings (SSSR count). The molecule has 0 aliphatic rings. The summed E-state index contributed by atoms with van der Waals surface area (Å²) in [6.45, 7) is 0.